The highest BCUT2D eigenvalue weighted by atomic mass is 16.1. The molecule has 86 valence electrons. The smallest absolute Gasteiger partial charge is 0.133 e. The van der Waals surface area contributed by atoms with Crippen molar-refractivity contribution in [3.63, 3.8) is 0 Å². The van der Waals surface area contributed by atoms with Crippen molar-refractivity contribution in [2.75, 3.05) is 0 Å². The van der Waals surface area contributed by atoms with Gasteiger partial charge in [-0.25, -0.2) is 0 Å². The molecule has 2 rings (SSSR count). The maximum Gasteiger partial charge on any atom is 0.133 e. The van der Waals surface area contributed by atoms with Crippen LogP contribution in [0.4, 0.5) is 0 Å². The van der Waals surface area contributed by atoms with Gasteiger partial charge in [-0.2, -0.15) is 0 Å². The Morgan fingerprint density at radius 3 is 2.20 bits per heavy atom. The van der Waals surface area contributed by atoms with E-state index in [1.807, 2.05) is 0 Å². The molecule has 0 aromatic heterocycles. The van der Waals surface area contributed by atoms with E-state index in [4.69, 9.17) is 0 Å². The number of ketones is 1. The molecule has 0 heterocycles. The Kier molecular flexibility index (Phi) is 2.92. The van der Waals surface area contributed by atoms with Crippen molar-refractivity contribution in [1.29, 1.82) is 0 Å². The average molecular weight is 208 g/mol. The lowest BCUT2D eigenvalue weighted by molar-refractivity contribution is -0.118. The van der Waals surface area contributed by atoms with E-state index < -0.39 is 0 Å². The largest absolute Gasteiger partial charge is 0.300 e. The number of carbonyl (C=O) groups excluding carboxylic acids is 1. The van der Waals surface area contributed by atoms with Gasteiger partial charge >= 0.3 is 0 Å². The van der Waals surface area contributed by atoms with Gasteiger partial charge in [-0.1, -0.05) is 20.8 Å². The SMILES string of the molecule is CC1CC(C)CC(C2(C)CCC(=O)C2)C1. The van der Waals surface area contributed by atoms with Crippen molar-refractivity contribution in [1.82, 2.24) is 0 Å². The molecule has 1 nitrogen and oxygen atoms in total. The Morgan fingerprint density at radius 2 is 1.73 bits per heavy atom. The Bertz CT molecular complexity index is 248. The topological polar surface area (TPSA) is 17.1 Å². The fraction of sp³-hybridized carbons (Fsp3) is 0.929. The maximum absolute atomic E-state index is 11.5. The van der Waals surface area contributed by atoms with Gasteiger partial charge in [0.05, 0.1) is 0 Å². The van der Waals surface area contributed by atoms with Crippen molar-refractivity contribution < 1.29 is 4.79 Å². The molecular formula is C14H24O. The third-order valence-electron chi connectivity index (χ3n) is 4.74. The predicted molar refractivity (Wildman–Crippen MR) is 62.6 cm³/mol. The van der Waals surface area contributed by atoms with Crippen molar-refractivity contribution in [3.8, 4) is 0 Å². The zero-order valence-corrected chi connectivity index (χ0v) is 10.4. The number of rotatable bonds is 1. The molecule has 3 unspecified atom stereocenters. The molecule has 0 bridgehead atoms. The predicted octanol–water partition coefficient (Wildman–Crippen LogP) is 3.82. The summed E-state index contributed by atoms with van der Waals surface area (Å²) in [4.78, 5) is 11.5. The molecule has 2 fully saturated rings. The minimum absolute atomic E-state index is 0.347. The molecule has 0 spiro atoms. The molecule has 0 N–H and O–H groups in total. The Labute approximate surface area is 93.6 Å². The third-order valence-corrected chi connectivity index (χ3v) is 4.74. The molecule has 0 amide bonds. The van der Waals surface area contributed by atoms with Crippen molar-refractivity contribution >= 4 is 5.78 Å². The fourth-order valence-corrected chi connectivity index (χ4v) is 3.92. The van der Waals surface area contributed by atoms with Crippen LogP contribution in [-0.2, 0) is 4.79 Å². The molecule has 0 radical (unpaired) electrons. The average Bonchev–Trinajstić information content (AvgIpc) is 2.46. The summed E-state index contributed by atoms with van der Waals surface area (Å²) in [6.07, 6.45) is 6.95. The molecule has 3 atom stereocenters. The number of hydrogen-bond donors (Lipinski definition) is 0. The molecule has 0 aliphatic heterocycles. The van der Waals surface area contributed by atoms with Crippen molar-refractivity contribution in [2.45, 2.75) is 59.3 Å². The van der Waals surface area contributed by atoms with Crippen LogP contribution in [-0.4, -0.2) is 5.78 Å². The first kappa shape index (κ1) is 11.2. The number of hydrogen-bond acceptors (Lipinski definition) is 1. The van der Waals surface area contributed by atoms with Crippen LogP contribution in [0.15, 0.2) is 0 Å². The lowest BCUT2D eigenvalue weighted by Gasteiger charge is -2.41. The molecule has 0 saturated heterocycles. The van der Waals surface area contributed by atoms with Crippen LogP contribution >= 0.6 is 0 Å². The van der Waals surface area contributed by atoms with E-state index in [1.165, 1.54) is 19.3 Å². The number of Topliss-reactive ketones (excluding diaryl/α,β-unsaturated/α-hetero) is 1. The van der Waals surface area contributed by atoms with Crippen molar-refractivity contribution in [3.05, 3.63) is 0 Å². The van der Waals surface area contributed by atoms with Crippen LogP contribution in [0.5, 0.6) is 0 Å². The van der Waals surface area contributed by atoms with Gasteiger partial charge in [0.25, 0.3) is 0 Å². The summed E-state index contributed by atoms with van der Waals surface area (Å²) in [5.74, 6) is 3.05. The molecular weight excluding hydrogens is 184 g/mol. The van der Waals surface area contributed by atoms with Gasteiger partial charge in [-0.3, -0.25) is 4.79 Å². The molecule has 2 aliphatic carbocycles. The molecule has 0 aromatic carbocycles. The summed E-state index contributed by atoms with van der Waals surface area (Å²) < 4.78 is 0. The van der Waals surface area contributed by atoms with Gasteiger partial charge < -0.3 is 0 Å². The molecule has 15 heavy (non-hydrogen) atoms. The minimum Gasteiger partial charge on any atom is -0.300 e. The summed E-state index contributed by atoms with van der Waals surface area (Å²) in [5, 5.41) is 0. The maximum atomic E-state index is 11.5. The second-order valence-electron chi connectivity index (χ2n) is 6.48. The Hall–Kier alpha value is -0.330. The van der Waals surface area contributed by atoms with Gasteiger partial charge in [0, 0.05) is 12.8 Å². The molecule has 1 heteroatoms. The van der Waals surface area contributed by atoms with Gasteiger partial charge in [0.2, 0.25) is 0 Å². The zero-order valence-electron chi connectivity index (χ0n) is 10.4. The molecule has 2 saturated carbocycles. The minimum atomic E-state index is 0.347. The van der Waals surface area contributed by atoms with E-state index >= 15 is 0 Å². The summed E-state index contributed by atoms with van der Waals surface area (Å²) in [6, 6.07) is 0. The Balaban J connectivity index is 2.06. The molecule has 0 aromatic rings. The summed E-state index contributed by atoms with van der Waals surface area (Å²) in [7, 11) is 0. The second-order valence-corrected chi connectivity index (χ2v) is 6.48. The second kappa shape index (κ2) is 3.92. The van der Waals surface area contributed by atoms with Crippen molar-refractivity contribution in [2.24, 2.45) is 23.2 Å². The standard InChI is InChI=1S/C14H24O/c1-10-6-11(2)8-12(7-10)14(3)5-4-13(15)9-14/h10-12H,4-9H2,1-3H3. The highest BCUT2D eigenvalue weighted by Gasteiger charge is 2.42. The van der Waals surface area contributed by atoms with Crippen LogP contribution in [0.3, 0.4) is 0 Å². The summed E-state index contributed by atoms with van der Waals surface area (Å²) >= 11 is 0. The highest BCUT2D eigenvalue weighted by Crippen LogP contribution is 2.50. The quantitative estimate of drug-likeness (QED) is 0.640. The van der Waals surface area contributed by atoms with Crippen LogP contribution in [0, 0.1) is 23.2 Å². The fourth-order valence-electron chi connectivity index (χ4n) is 3.92. The molecule has 2 aliphatic rings. The lowest BCUT2D eigenvalue weighted by Crippen LogP contribution is -2.32. The zero-order chi connectivity index (χ0) is 11.1. The van der Waals surface area contributed by atoms with Crippen LogP contribution < -0.4 is 0 Å². The number of carbonyl (C=O) groups is 1. The van der Waals surface area contributed by atoms with Crippen LogP contribution in [0.25, 0.3) is 0 Å². The van der Waals surface area contributed by atoms with E-state index in [-0.39, 0.29) is 0 Å². The lowest BCUT2D eigenvalue weighted by atomic mass is 9.64. The highest BCUT2D eigenvalue weighted by molar-refractivity contribution is 5.81. The van der Waals surface area contributed by atoms with E-state index in [0.29, 0.717) is 11.2 Å². The Morgan fingerprint density at radius 1 is 1.13 bits per heavy atom. The van der Waals surface area contributed by atoms with Gasteiger partial charge in [-0.15, -0.1) is 0 Å². The van der Waals surface area contributed by atoms with E-state index in [9.17, 15) is 4.79 Å². The first-order valence-electron chi connectivity index (χ1n) is 6.51. The van der Waals surface area contributed by atoms with E-state index in [0.717, 1.165) is 37.0 Å². The summed E-state index contributed by atoms with van der Waals surface area (Å²) in [6.45, 7) is 7.11. The monoisotopic (exact) mass is 208 g/mol. The normalized spacial score (nSPS) is 47.1. The van der Waals surface area contributed by atoms with Gasteiger partial charge in [0.1, 0.15) is 5.78 Å². The van der Waals surface area contributed by atoms with Gasteiger partial charge in [-0.05, 0) is 48.9 Å². The van der Waals surface area contributed by atoms with Gasteiger partial charge in [0.15, 0.2) is 0 Å². The third kappa shape index (κ3) is 2.26. The van der Waals surface area contributed by atoms with E-state index in [2.05, 4.69) is 20.8 Å². The first-order chi connectivity index (χ1) is 6.99. The first-order valence-corrected chi connectivity index (χ1v) is 6.51. The van der Waals surface area contributed by atoms with Crippen LogP contribution in [0.2, 0.25) is 0 Å². The van der Waals surface area contributed by atoms with E-state index in [1.54, 1.807) is 0 Å². The summed E-state index contributed by atoms with van der Waals surface area (Å²) in [5.41, 5.74) is 0.347. The van der Waals surface area contributed by atoms with Crippen LogP contribution in [0.1, 0.15) is 59.3 Å².